The lowest BCUT2D eigenvalue weighted by atomic mass is 9.99. The molecule has 242 valence electrons. The number of carbonyl (C=O) groups is 1. The second-order valence-electron chi connectivity index (χ2n) is 11.4. The minimum absolute atomic E-state index is 0.0435. The number of fused-ring (bicyclic) bond motifs is 1. The molecule has 12 nitrogen and oxygen atoms in total. The molecule has 2 aliphatic rings. The van der Waals surface area contributed by atoms with Crippen LogP contribution in [0.4, 0.5) is 21.9 Å². The van der Waals surface area contributed by atoms with Gasteiger partial charge in [-0.2, -0.15) is 5.06 Å². The van der Waals surface area contributed by atoms with E-state index in [1.54, 1.807) is 24.3 Å². The van der Waals surface area contributed by atoms with Crippen LogP contribution < -0.4 is 21.1 Å². The summed E-state index contributed by atoms with van der Waals surface area (Å²) in [5.41, 5.74) is 10.1. The zero-order valence-corrected chi connectivity index (χ0v) is 25.8. The molecule has 0 saturated carbocycles. The summed E-state index contributed by atoms with van der Waals surface area (Å²) in [7, 11) is 0. The summed E-state index contributed by atoms with van der Waals surface area (Å²) in [6.45, 7) is 6.93. The number of aromatic hydroxyl groups is 1. The molecule has 5 rings (SSSR count). The third-order valence-corrected chi connectivity index (χ3v) is 7.51. The van der Waals surface area contributed by atoms with Gasteiger partial charge in [-0.25, -0.2) is 9.68 Å². The van der Waals surface area contributed by atoms with Crippen molar-refractivity contribution in [3.05, 3.63) is 77.4 Å². The Labute approximate surface area is 263 Å². The molecule has 2 amide bonds. The van der Waals surface area contributed by atoms with Crippen LogP contribution in [-0.2, 0) is 43.7 Å². The zero-order valence-electron chi connectivity index (χ0n) is 25.8. The van der Waals surface area contributed by atoms with E-state index >= 15 is 0 Å². The number of rotatable bonds is 14. The molecule has 45 heavy (non-hydrogen) atoms. The Bertz CT molecular complexity index is 1430. The van der Waals surface area contributed by atoms with Crippen LogP contribution >= 0.6 is 0 Å². The summed E-state index contributed by atoms with van der Waals surface area (Å²) >= 11 is 0. The van der Waals surface area contributed by atoms with Gasteiger partial charge in [0.2, 0.25) is 5.79 Å². The Morgan fingerprint density at radius 2 is 1.80 bits per heavy atom. The number of carbonyl (C=O) groups excluding carboxylic acids is 1. The number of aryl methyl sites for hydroxylation is 1. The van der Waals surface area contributed by atoms with Gasteiger partial charge in [0.1, 0.15) is 11.5 Å². The maximum Gasteiger partial charge on any atom is 0.323 e. The third kappa shape index (κ3) is 9.54. The van der Waals surface area contributed by atoms with E-state index in [0.717, 1.165) is 24.0 Å². The number of nitrogens with two attached hydrogens (primary N) is 1. The molecule has 5 N–H and O–H groups in total. The van der Waals surface area contributed by atoms with Gasteiger partial charge in [0.15, 0.2) is 0 Å². The predicted molar refractivity (Wildman–Crippen MR) is 168 cm³/mol. The maximum atomic E-state index is 12.3. The normalized spacial score (nSPS) is 16.5. The molecule has 1 saturated heterocycles. The van der Waals surface area contributed by atoms with Gasteiger partial charge in [-0.3, -0.25) is 0 Å². The number of nitrogens with one attached hydrogen (secondary N) is 2. The molecule has 1 unspecified atom stereocenters. The van der Waals surface area contributed by atoms with Gasteiger partial charge in [0.05, 0.1) is 45.1 Å². The van der Waals surface area contributed by atoms with Crippen molar-refractivity contribution in [3.8, 4) is 11.5 Å². The lowest BCUT2D eigenvalue weighted by molar-refractivity contribution is -0.381. The number of benzene rings is 3. The summed E-state index contributed by atoms with van der Waals surface area (Å²) in [5.74, 6) is 0.153. The SMILES string of the molecule is CC1(C)OCc2c(ccc(CCC(CCOCCOCc3cccc(NC(=O)Nc4cccc(N)c4)c3)N3CCOO3)c2O)O1. The lowest BCUT2D eigenvalue weighted by Gasteiger charge is -2.33. The Kier molecular flexibility index (Phi) is 11.1. The number of hydrogen-bond acceptors (Lipinski definition) is 10. The van der Waals surface area contributed by atoms with Crippen molar-refractivity contribution in [3.63, 3.8) is 0 Å². The van der Waals surface area contributed by atoms with Crippen molar-refractivity contribution in [2.75, 3.05) is 49.3 Å². The van der Waals surface area contributed by atoms with E-state index in [2.05, 4.69) is 10.6 Å². The van der Waals surface area contributed by atoms with Crippen molar-refractivity contribution >= 4 is 23.1 Å². The molecule has 3 aromatic carbocycles. The highest BCUT2D eigenvalue weighted by atomic mass is 17.3. The number of anilines is 3. The monoisotopic (exact) mass is 622 g/mol. The van der Waals surface area contributed by atoms with Crippen LogP contribution in [0.3, 0.4) is 0 Å². The number of hydroxylamine groups is 2. The number of phenolic OH excluding ortho intramolecular Hbond substituents is 1. The van der Waals surface area contributed by atoms with E-state index in [9.17, 15) is 9.90 Å². The van der Waals surface area contributed by atoms with E-state index in [0.29, 0.717) is 81.0 Å². The van der Waals surface area contributed by atoms with Crippen LogP contribution in [0.15, 0.2) is 60.7 Å². The molecule has 0 aliphatic carbocycles. The van der Waals surface area contributed by atoms with Gasteiger partial charge < -0.3 is 40.4 Å². The summed E-state index contributed by atoms with van der Waals surface area (Å²) in [5, 5.41) is 18.3. The summed E-state index contributed by atoms with van der Waals surface area (Å²) in [6, 6.07) is 18.0. The van der Waals surface area contributed by atoms with E-state index in [1.165, 1.54) is 0 Å². The van der Waals surface area contributed by atoms with Crippen molar-refractivity contribution < 1.29 is 38.7 Å². The number of nitrogens with zero attached hydrogens (tertiary/aromatic N) is 1. The number of amides is 2. The third-order valence-electron chi connectivity index (χ3n) is 7.51. The van der Waals surface area contributed by atoms with Crippen LogP contribution in [0, 0.1) is 0 Å². The number of nitrogen functional groups attached to an aromatic ring is 1. The largest absolute Gasteiger partial charge is 0.507 e. The first-order valence-electron chi connectivity index (χ1n) is 15.2. The van der Waals surface area contributed by atoms with Gasteiger partial charge >= 0.3 is 6.03 Å². The van der Waals surface area contributed by atoms with E-state index in [1.807, 2.05) is 55.3 Å². The molecule has 0 aromatic heterocycles. The number of urea groups is 1. The standard InChI is InChI=1S/C33H42N4O8/c1-33(2)42-22-29-30(44-33)12-10-24(31(29)38)9-11-28(37-14-16-43-45-37)13-15-40-17-18-41-21-23-5-3-7-26(19-23)35-32(39)36-27-8-4-6-25(34)20-27/h3-8,10,12,19-20,28,38H,9,11,13-18,21-22,34H2,1-2H3,(H2,35,36,39). The van der Waals surface area contributed by atoms with Crippen molar-refractivity contribution in [1.29, 1.82) is 0 Å². The van der Waals surface area contributed by atoms with Crippen LogP contribution in [0.25, 0.3) is 0 Å². The molecular formula is C33H42N4O8. The minimum atomic E-state index is -0.717. The fourth-order valence-electron chi connectivity index (χ4n) is 5.19. The van der Waals surface area contributed by atoms with Gasteiger partial charge in [-0.15, -0.1) is 4.99 Å². The molecule has 2 heterocycles. The molecular weight excluding hydrogens is 580 g/mol. The molecule has 1 fully saturated rings. The highest BCUT2D eigenvalue weighted by Crippen LogP contribution is 2.39. The van der Waals surface area contributed by atoms with Crippen LogP contribution in [0.1, 0.15) is 43.4 Å². The average molecular weight is 623 g/mol. The first-order chi connectivity index (χ1) is 21.8. The molecule has 1 atom stereocenters. The molecule has 0 spiro atoms. The van der Waals surface area contributed by atoms with Crippen molar-refractivity contribution in [1.82, 2.24) is 5.06 Å². The number of phenols is 1. The number of hydrogen-bond donors (Lipinski definition) is 4. The lowest BCUT2D eigenvalue weighted by Crippen LogP contribution is -2.35. The smallest absolute Gasteiger partial charge is 0.323 e. The Morgan fingerprint density at radius 1 is 1.02 bits per heavy atom. The first-order valence-corrected chi connectivity index (χ1v) is 15.2. The Balaban J connectivity index is 1.02. The highest BCUT2D eigenvalue weighted by Gasteiger charge is 2.30. The van der Waals surface area contributed by atoms with Crippen LogP contribution in [-0.4, -0.2) is 61.0 Å². The summed E-state index contributed by atoms with van der Waals surface area (Å²) in [6.07, 6.45) is 2.11. The van der Waals surface area contributed by atoms with Gasteiger partial charge in [-0.05, 0) is 66.8 Å². The summed E-state index contributed by atoms with van der Waals surface area (Å²) in [4.78, 5) is 22.8. The fraction of sp³-hybridized carbons (Fsp3) is 0.424. The van der Waals surface area contributed by atoms with Gasteiger partial charge in [-0.1, -0.05) is 24.3 Å². The molecule has 12 heteroatoms. The second-order valence-corrected chi connectivity index (χ2v) is 11.4. The maximum absolute atomic E-state index is 12.3. The fourth-order valence-corrected chi connectivity index (χ4v) is 5.19. The molecule has 0 radical (unpaired) electrons. The topological polar surface area (TPSA) is 146 Å². The average Bonchev–Trinajstić information content (AvgIpc) is 3.54. The highest BCUT2D eigenvalue weighted by molar-refractivity contribution is 6.00. The quantitative estimate of drug-likeness (QED) is 0.105. The molecule has 3 aromatic rings. The first kappa shape index (κ1) is 32.5. The number of ether oxygens (including phenoxy) is 4. The van der Waals surface area contributed by atoms with Crippen LogP contribution in [0.2, 0.25) is 0 Å². The van der Waals surface area contributed by atoms with Gasteiger partial charge in [0.25, 0.3) is 0 Å². The molecule has 0 bridgehead atoms. The van der Waals surface area contributed by atoms with E-state index in [4.69, 9.17) is 34.6 Å². The van der Waals surface area contributed by atoms with E-state index in [-0.39, 0.29) is 17.8 Å². The Hall–Kier alpha value is -3.91. The summed E-state index contributed by atoms with van der Waals surface area (Å²) < 4.78 is 23.2. The van der Waals surface area contributed by atoms with E-state index < -0.39 is 5.79 Å². The Morgan fingerprint density at radius 3 is 2.58 bits per heavy atom. The predicted octanol–water partition coefficient (Wildman–Crippen LogP) is 5.37. The zero-order chi connectivity index (χ0) is 31.6. The minimum Gasteiger partial charge on any atom is -0.507 e. The van der Waals surface area contributed by atoms with Crippen LogP contribution in [0.5, 0.6) is 11.5 Å². The second kappa shape index (κ2) is 15.4. The van der Waals surface area contributed by atoms with Gasteiger partial charge in [0, 0.05) is 43.6 Å². The molecule has 2 aliphatic heterocycles. The van der Waals surface area contributed by atoms with Crippen molar-refractivity contribution in [2.24, 2.45) is 0 Å². The van der Waals surface area contributed by atoms with Crippen molar-refractivity contribution in [2.45, 2.75) is 58.2 Å².